The monoisotopic (exact) mass is 351 g/mol. The molecule has 4 nitrogen and oxygen atoms in total. The average molecular weight is 352 g/mol. The van der Waals surface area contributed by atoms with Gasteiger partial charge in [0.1, 0.15) is 0 Å². The first kappa shape index (κ1) is 16.7. The van der Waals surface area contributed by atoms with Gasteiger partial charge in [-0.25, -0.2) is 17.4 Å². The lowest BCUT2D eigenvalue weighted by Gasteiger charge is -2.16. The van der Waals surface area contributed by atoms with Gasteiger partial charge in [-0.05, 0) is 24.3 Å². The second-order valence-electron chi connectivity index (χ2n) is 4.39. The van der Waals surface area contributed by atoms with Crippen LogP contribution < -0.4 is 5.32 Å². The summed E-state index contributed by atoms with van der Waals surface area (Å²) < 4.78 is 59.3. The summed E-state index contributed by atoms with van der Waals surface area (Å²) in [7, 11) is 0. The van der Waals surface area contributed by atoms with E-state index >= 15 is 0 Å². The first-order valence-corrected chi connectivity index (χ1v) is 7.39. The van der Waals surface area contributed by atoms with Gasteiger partial charge in [0.25, 0.3) is 5.91 Å². The zero-order valence-corrected chi connectivity index (χ0v) is 12.4. The van der Waals surface area contributed by atoms with Gasteiger partial charge in [0, 0.05) is 17.7 Å². The number of halogens is 4. The standard InChI is InChI=1S/C13H9ClF3NO3S/c14-8-2-1-6(3-11(8)22(20)21)13(19)18-7-4-9(15)12(17)10(16)5-7/h1-4,10H,5H2,(H,18,19)(H,20,21). The van der Waals surface area contributed by atoms with E-state index in [1.54, 1.807) is 0 Å². The lowest BCUT2D eigenvalue weighted by molar-refractivity contribution is 0.0962. The third-order valence-corrected chi connectivity index (χ3v) is 4.01. The summed E-state index contributed by atoms with van der Waals surface area (Å²) in [5, 5.41) is 2.21. The fraction of sp³-hybridized carbons (Fsp3) is 0.154. The Bertz CT molecular complexity index is 720. The number of rotatable bonds is 3. The van der Waals surface area contributed by atoms with Crippen molar-refractivity contribution < 1.29 is 26.7 Å². The molecule has 1 aliphatic rings. The molecule has 1 aliphatic carbocycles. The molecule has 1 aromatic rings. The minimum atomic E-state index is -2.39. The van der Waals surface area contributed by atoms with Crippen LogP contribution >= 0.6 is 11.6 Å². The van der Waals surface area contributed by atoms with Crippen LogP contribution in [0.5, 0.6) is 0 Å². The van der Waals surface area contributed by atoms with Crippen LogP contribution in [0.1, 0.15) is 16.8 Å². The summed E-state index contributed by atoms with van der Waals surface area (Å²) in [6.45, 7) is 0. The Morgan fingerprint density at radius 3 is 2.68 bits per heavy atom. The molecule has 9 heteroatoms. The van der Waals surface area contributed by atoms with Crippen LogP contribution in [0.15, 0.2) is 46.5 Å². The normalized spacial score (nSPS) is 19.7. The molecule has 1 aromatic carbocycles. The molecule has 2 unspecified atom stereocenters. The van der Waals surface area contributed by atoms with Crippen LogP contribution in [0.2, 0.25) is 5.02 Å². The Morgan fingerprint density at radius 1 is 1.41 bits per heavy atom. The van der Waals surface area contributed by atoms with E-state index in [0.29, 0.717) is 6.08 Å². The van der Waals surface area contributed by atoms with Crippen LogP contribution in [0.4, 0.5) is 13.2 Å². The van der Waals surface area contributed by atoms with Crippen molar-refractivity contribution in [1.82, 2.24) is 5.32 Å². The Morgan fingerprint density at radius 2 is 2.09 bits per heavy atom. The number of hydrogen-bond donors (Lipinski definition) is 2. The third kappa shape index (κ3) is 3.57. The molecule has 2 N–H and O–H groups in total. The number of nitrogens with one attached hydrogen (secondary N) is 1. The summed E-state index contributed by atoms with van der Waals surface area (Å²) in [4.78, 5) is 11.8. The molecular weight excluding hydrogens is 343 g/mol. The number of allylic oxidation sites excluding steroid dienone is 4. The second kappa shape index (κ2) is 6.64. The molecule has 0 heterocycles. The minimum absolute atomic E-state index is 0.00543. The molecule has 0 aliphatic heterocycles. The molecule has 0 saturated carbocycles. The first-order valence-electron chi connectivity index (χ1n) is 5.91. The Hall–Kier alpha value is -1.64. The lowest BCUT2D eigenvalue weighted by Crippen LogP contribution is -2.26. The van der Waals surface area contributed by atoms with Crippen molar-refractivity contribution >= 4 is 28.6 Å². The zero-order valence-electron chi connectivity index (χ0n) is 10.8. The topological polar surface area (TPSA) is 66.4 Å². The third-order valence-electron chi connectivity index (χ3n) is 2.86. The van der Waals surface area contributed by atoms with Crippen molar-refractivity contribution in [1.29, 1.82) is 0 Å². The van der Waals surface area contributed by atoms with Gasteiger partial charge in [-0.15, -0.1) is 0 Å². The highest BCUT2D eigenvalue weighted by Gasteiger charge is 2.25. The van der Waals surface area contributed by atoms with Crippen LogP contribution in [-0.4, -0.2) is 20.8 Å². The molecule has 1 amide bonds. The Kier molecular flexibility index (Phi) is 5.05. The van der Waals surface area contributed by atoms with E-state index in [2.05, 4.69) is 5.32 Å². The molecule has 0 spiro atoms. The number of carbonyl (C=O) groups excluding carboxylic acids is 1. The number of amides is 1. The molecule has 2 atom stereocenters. The van der Waals surface area contributed by atoms with Crippen molar-refractivity contribution in [3.8, 4) is 0 Å². The van der Waals surface area contributed by atoms with E-state index in [1.165, 1.54) is 12.1 Å². The Balaban J connectivity index is 2.22. The van der Waals surface area contributed by atoms with Gasteiger partial charge in [0.15, 0.2) is 28.9 Å². The maximum atomic E-state index is 13.2. The number of benzene rings is 1. The lowest BCUT2D eigenvalue weighted by atomic mass is 10.1. The van der Waals surface area contributed by atoms with E-state index in [-0.39, 0.29) is 21.2 Å². The summed E-state index contributed by atoms with van der Waals surface area (Å²) in [5.74, 6) is -3.67. The van der Waals surface area contributed by atoms with E-state index in [0.717, 1.165) is 6.07 Å². The van der Waals surface area contributed by atoms with Gasteiger partial charge in [-0.3, -0.25) is 4.79 Å². The predicted molar refractivity (Wildman–Crippen MR) is 74.8 cm³/mol. The van der Waals surface area contributed by atoms with Crippen molar-refractivity contribution in [3.63, 3.8) is 0 Å². The smallest absolute Gasteiger partial charge is 0.255 e. The number of alkyl halides is 1. The summed E-state index contributed by atoms with van der Waals surface area (Å²) in [5.41, 5.74) is -0.174. The van der Waals surface area contributed by atoms with E-state index in [4.69, 9.17) is 16.2 Å². The van der Waals surface area contributed by atoms with Crippen molar-refractivity contribution in [2.45, 2.75) is 17.5 Å². The van der Waals surface area contributed by atoms with Gasteiger partial charge in [-0.2, -0.15) is 0 Å². The summed E-state index contributed by atoms with van der Waals surface area (Å²) in [6, 6.07) is 3.60. The molecule has 22 heavy (non-hydrogen) atoms. The fourth-order valence-electron chi connectivity index (χ4n) is 1.80. The SMILES string of the molecule is O=C(NC1=CC(F)=C(F)C(F)C1)c1ccc(Cl)c(S(=O)O)c1. The van der Waals surface area contributed by atoms with Crippen LogP contribution in [-0.2, 0) is 11.1 Å². The quantitative estimate of drug-likeness (QED) is 0.820. The largest absolute Gasteiger partial charge is 0.325 e. The van der Waals surface area contributed by atoms with E-state index in [1.807, 2.05) is 0 Å². The zero-order chi connectivity index (χ0) is 16.4. The van der Waals surface area contributed by atoms with Crippen molar-refractivity contribution in [3.05, 3.63) is 52.2 Å². The predicted octanol–water partition coefficient (Wildman–Crippen LogP) is 3.43. The van der Waals surface area contributed by atoms with Gasteiger partial charge in [-0.1, -0.05) is 11.6 Å². The van der Waals surface area contributed by atoms with E-state index in [9.17, 15) is 22.2 Å². The highest BCUT2D eigenvalue weighted by atomic mass is 35.5. The first-order chi connectivity index (χ1) is 10.3. The summed E-state index contributed by atoms with van der Waals surface area (Å²) in [6.07, 6.45) is -1.99. The van der Waals surface area contributed by atoms with E-state index < -0.39 is 41.2 Å². The molecule has 0 fully saturated rings. The molecule has 2 rings (SSSR count). The number of hydrogen-bond acceptors (Lipinski definition) is 2. The molecule has 118 valence electrons. The van der Waals surface area contributed by atoms with Crippen LogP contribution in [0, 0.1) is 0 Å². The van der Waals surface area contributed by atoms with Gasteiger partial charge in [0.05, 0.1) is 9.92 Å². The Labute approximate surface area is 130 Å². The highest BCUT2D eigenvalue weighted by Crippen LogP contribution is 2.28. The highest BCUT2D eigenvalue weighted by molar-refractivity contribution is 7.79. The molecule has 0 bridgehead atoms. The fourth-order valence-corrected chi connectivity index (χ4v) is 2.57. The molecule has 0 radical (unpaired) electrons. The maximum absolute atomic E-state index is 13.2. The molecule has 0 saturated heterocycles. The maximum Gasteiger partial charge on any atom is 0.255 e. The van der Waals surface area contributed by atoms with Crippen LogP contribution in [0.3, 0.4) is 0 Å². The minimum Gasteiger partial charge on any atom is -0.325 e. The molecule has 0 aromatic heterocycles. The van der Waals surface area contributed by atoms with Gasteiger partial charge in [0.2, 0.25) is 0 Å². The van der Waals surface area contributed by atoms with Gasteiger partial charge >= 0.3 is 0 Å². The van der Waals surface area contributed by atoms with Crippen molar-refractivity contribution in [2.75, 3.05) is 0 Å². The van der Waals surface area contributed by atoms with Crippen molar-refractivity contribution in [2.24, 2.45) is 0 Å². The van der Waals surface area contributed by atoms with Crippen LogP contribution in [0.25, 0.3) is 0 Å². The molecular formula is C13H9ClF3NO3S. The van der Waals surface area contributed by atoms with Gasteiger partial charge < -0.3 is 9.87 Å². The average Bonchev–Trinajstić information content (AvgIpc) is 2.44. The second-order valence-corrected chi connectivity index (χ2v) is 5.73. The number of carbonyl (C=O) groups is 1. The summed E-state index contributed by atoms with van der Waals surface area (Å²) >= 11 is 3.31.